The van der Waals surface area contributed by atoms with Crippen LogP contribution in [-0.4, -0.2) is 62.1 Å². The van der Waals surface area contributed by atoms with Gasteiger partial charge in [-0.15, -0.1) is 0 Å². The minimum Gasteiger partial charge on any atom is -0.449 e. The third kappa shape index (κ3) is 4.69. The first-order valence-corrected chi connectivity index (χ1v) is 7.91. The molecule has 0 bridgehead atoms. The van der Waals surface area contributed by atoms with Crippen molar-refractivity contribution in [1.82, 2.24) is 15.1 Å². The first kappa shape index (κ1) is 17.3. The summed E-state index contributed by atoms with van der Waals surface area (Å²) in [5.41, 5.74) is 2.12. The minimum absolute atomic E-state index is 0.0655. The summed E-state index contributed by atoms with van der Waals surface area (Å²) in [7, 11) is 3.76. The predicted molar refractivity (Wildman–Crippen MR) is 88.2 cm³/mol. The monoisotopic (exact) mass is 319 g/mol. The summed E-state index contributed by atoms with van der Waals surface area (Å²) < 4.78 is 4.98. The number of carbonyl (C=O) groups is 2. The lowest BCUT2D eigenvalue weighted by atomic mass is 10.0. The number of nitrogens with zero attached hydrogens (tertiary/aromatic N) is 2. The number of benzene rings is 1. The number of ether oxygens (including phenoxy) is 1. The molecule has 1 aromatic rings. The Balaban J connectivity index is 1.91. The predicted octanol–water partition coefficient (Wildman–Crippen LogP) is 1.56. The van der Waals surface area contributed by atoms with Gasteiger partial charge in [-0.3, -0.25) is 9.69 Å². The first-order valence-electron chi connectivity index (χ1n) is 7.91. The summed E-state index contributed by atoms with van der Waals surface area (Å²) in [5, 5.41) is 2.91. The highest BCUT2D eigenvalue weighted by Crippen LogP contribution is 2.18. The number of cyclic esters (lactones) is 1. The molecule has 2 rings (SSSR count). The molecule has 1 saturated heterocycles. The van der Waals surface area contributed by atoms with Gasteiger partial charge in [0.1, 0.15) is 6.04 Å². The van der Waals surface area contributed by atoms with Crippen molar-refractivity contribution in [1.29, 1.82) is 0 Å². The zero-order chi connectivity index (χ0) is 16.8. The molecule has 1 atom stereocenters. The average Bonchev–Trinajstić information content (AvgIpc) is 2.51. The summed E-state index contributed by atoms with van der Waals surface area (Å²) in [4.78, 5) is 27.6. The molecule has 1 aromatic carbocycles. The molecule has 6 nitrogen and oxygen atoms in total. The van der Waals surface area contributed by atoms with E-state index in [4.69, 9.17) is 4.74 Å². The van der Waals surface area contributed by atoms with Crippen LogP contribution in [0.4, 0.5) is 4.79 Å². The molecule has 0 radical (unpaired) electrons. The normalized spacial score (nSPS) is 16.2. The molecular formula is C17H25N3O3. The number of rotatable bonds is 6. The highest BCUT2D eigenvalue weighted by Gasteiger charge is 2.23. The van der Waals surface area contributed by atoms with E-state index in [2.05, 4.69) is 5.32 Å². The molecule has 0 saturated carbocycles. The third-order valence-corrected chi connectivity index (χ3v) is 3.89. The average molecular weight is 319 g/mol. The van der Waals surface area contributed by atoms with Crippen molar-refractivity contribution < 1.29 is 14.3 Å². The second-order valence-corrected chi connectivity index (χ2v) is 6.02. The summed E-state index contributed by atoms with van der Waals surface area (Å²) in [5.74, 6) is -0.0655. The fourth-order valence-corrected chi connectivity index (χ4v) is 2.64. The van der Waals surface area contributed by atoms with Gasteiger partial charge in [-0.1, -0.05) is 29.8 Å². The second kappa shape index (κ2) is 7.97. The summed E-state index contributed by atoms with van der Waals surface area (Å²) in [6.45, 7) is 4.08. The van der Waals surface area contributed by atoms with E-state index in [-0.39, 0.29) is 18.0 Å². The standard InChI is InChI=1S/C17H25N3O3/c1-13-5-7-14(8-6-13)15(19(2)3)16(21)18-9-11-20-10-4-12-23-17(20)22/h5-8,15H,4,9-12H2,1-3H3,(H,18,21)/t15-/m0/s1. The third-order valence-electron chi connectivity index (χ3n) is 3.89. The Hall–Kier alpha value is -2.08. The van der Waals surface area contributed by atoms with E-state index in [9.17, 15) is 9.59 Å². The Morgan fingerprint density at radius 1 is 1.35 bits per heavy atom. The fraction of sp³-hybridized carbons (Fsp3) is 0.529. The molecule has 126 valence electrons. The molecule has 0 unspecified atom stereocenters. The summed E-state index contributed by atoms with van der Waals surface area (Å²) >= 11 is 0. The van der Waals surface area contributed by atoms with Gasteiger partial charge in [0.15, 0.2) is 0 Å². The highest BCUT2D eigenvalue weighted by atomic mass is 16.6. The number of hydrogen-bond acceptors (Lipinski definition) is 4. The molecule has 0 aromatic heterocycles. The van der Waals surface area contributed by atoms with Crippen LogP contribution in [0.2, 0.25) is 0 Å². The Kier molecular flexibility index (Phi) is 5.98. The molecule has 6 heteroatoms. The van der Waals surface area contributed by atoms with Gasteiger partial charge in [-0.05, 0) is 33.0 Å². The largest absolute Gasteiger partial charge is 0.449 e. The van der Waals surface area contributed by atoms with Crippen LogP contribution in [0.3, 0.4) is 0 Å². The molecule has 1 heterocycles. The van der Waals surface area contributed by atoms with Gasteiger partial charge in [0.25, 0.3) is 0 Å². The van der Waals surface area contributed by atoms with Crippen molar-refractivity contribution in [2.75, 3.05) is 40.3 Å². The van der Waals surface area contributed by atoms with Crippen LogP contribution in [0.25, 0.3) is 0 Å². The highest BCUT2D eigenvalue weighted by molar-refractivity contribution is 5.83. The van der Waals surface area contributed by atoms with E-state index in [0.29, 0.717) is 26.2 Å². The molecule has 0 aliphatic carbocycles. The maximum atomic E-state index is 12.5. The Bertz CT molecular complexity index is 543. The Morgan fingerprint density at radius 2 is 2.04 bits per heavy atom. The zero-order valence-electron chi connectivity index (χ0n) is 14.0. The zero-order valence-corrected chi connectivity index (χ0v) is 14.0. The van der Waals surface area contributed by atoms with Crippen molar-refractivity contribution in [3.05, 3.63) is 35.4 Å². The van der Waals surface area contributed by atoms with Gasteiger partial charge in [-0.25, -0.2) is 4.79 Å². The summed E-state index contributed by atoms with van der Waals surface area (Å²) in [6, 6.07) is 7.61. The van der Waals surface area contributed by atoms with Crippen LogP contribution in [0.5, 0.6) is 0 Å². The Labute approximate surface area is 137 Å². The number of aryl methyl sites for hydroxylation is 1. The first-order chi connectivity index (χ1) is 11.0. The van der Waals surface area contributed by atoms with Crippen molar-refractivity contribution >= 4 is 12.0 Å². The lowest BCUT2D eigenvalue weighted by Crippen LogP contribution is -2.44. The van der Waals surface area contributed by atoms with Gasteiger partial charge in [0, 0.05) is 19.6 Å². The van der Waals surface area contributed by atoms with Crippen LogP contribution < -0.4 is 5.32 Å². The van der Waals surface area contributed by atoms with E-state index in [1.165, 1.54) is 0 Å². The van der Waals surface area contributed by atoms with Crippen LogP contribution in [0.15, 0.2) is 24.3 Å². The molecule has 1 fully saturated rings. The molecule has 0 spiro atoms. The number of amides is 2. The minimum atomic E-state index is -0.344. The number of carbonyl (C=O) groups excluding carboxylic acids is 2. The number of hydrogen-bond donors (Lipinski definition) is 1. The summed E-state index contributed by atoms with van der Waals surface area (Å²) in [6.07, 6.45) is 0.539. The molecule has 23 heavy (non-hydrogen) atoms. The van der Waals surface area contributed by atoms with E-state index in [0.717, 1.165) is 17.5 Å². The van der Waals surface area contributed by atoms with Gasteiger partial charge in [0.2, 0.25) is 5.91 Å². The van der Waals surface area contributed by atoms with Crippen molar-refractivity contribution in [3.8, 4) is 0 Å². The SMILES string of the molecule is Cc1ccc([C@@H](C(=O)NCCN2CCCOC2=O)N(C)C)cc1. The van der Waals surface area contributed by atoms with E-state index < -0.39 is 0 Å². The van der Waals surface area contributed by atoms with Crippen LogP contribution >= 0.6 is 0 Å². The van der Waals surface area contributed by atoms with Gasteiger partial charge in [0.05, 0.1) is 6.61 Å². The lowest BCUT2D eigenvalue weighted by Gasteiger charge is -2.27. The number of nitrogens with one attached hydrogen (secondary N) is 1. The van der Waals surface area contributed by atoms with Gasteiger partial charge in [-0.2, -0.15) is 0 Å². The van der Waals surface area contributed by atoms with Gasteiger partial charge < -0.3 is 15.0 Å². The van der Waals surface area contributed by atoms with Crippen molar-refractivity contribution in [3.63, 3.8) is 0 Å². The van der Waals surface area contributed by atoms with Gasteiger partial charge >= 0.3 is 6.09 Å². The topological polar surface area (TPSA) is 61.9 Å². The quantitative estimate of drug-likeness (QED) is 0.864. The van der Waals surface area contributed by atoms with Crippen molar-refractivity contribution in [2.45, 2.75) is 19.4 Å². The van der Waals surface area contributed by atoms with Crippen molar-refractivity contribution in [2.24, 2.45) is 0 Å². The fourth-order valence-electron chi connectivity index (χ4n) is 2.64. The molecule has 1 aliphatic rings. The maximum Gasteiger partial charge on any atom is 0.409 e. The maximum absolute atomic E-state index is 12.5. The smallest absolute Gasteiger partial charge is 0.409 e. The van der Waals surface area contributed by atoms with Crippen LogP contribution in [0.1, 0.15) is 23.6 Å². The van der Waals surface area contributed by atoms with E-state index >= 15 is 0 Å². The molecule has 1 N–H and O–H groups in total. The van der Waals surface area contributed by atoms with Crippen LogP contribution in [0, 0.1) is 6.92 Å². The second-order valence-electron chi connectivity index (χ2n) is 6.02. The lowest BCUT2D eigenvalue weighted by molar-refractivity contribution is -0.125. The Morgan fingerprint density at radius 3 is 2.65 bits per heavy atom. The van der Waals surface area contributed by atoms with E-state index in [1.54, 1.807) is 4.90 Å². The molecular weight excluding hydrogens is 294 g/mol. The molecule has 1 aliphatic heterocycles. The number of likely N-dealkylation sites (N-methyl/N-ethyl adjacent to an activating group) is 1. The molecule has 2 amide bonds. The van der Waals surface area contributed by atoms with Crippen LogP contribution in [-0.2, 0) is 9.53 Å². The van der Waals surface area contributed by atoms with E-state index in [1.807, 2.05) is 50.2 Å².